The minimum Gasteiger partial charge on any atom is -0.0632 e. The van der Waals surface area contributed by atoms with Crippen LogP contribution < -0.4 is 20.7 Å². The second-order valence-electron chi connectivity index (χ2n) is 6.43. The third kappa shape index (κ3) is 10.3. The van der Waals surface area contributed by atoms with E-state index in [4.69, 9.17) is 0 Å². The topological polar surface area (TPSA) is 0 Å². The summed E-state index contributed by atoms with van der Waals surface area (Å²) in [6.45, 7) is 0. The van der Waals surface area contributed by atoms with E-state index >= 15 is 0 Å². The van der Waals surface area contributed by atoms with Crippen LogP contribution in [-0.2, 0) is 0 Å². The maximum atomic E-state index is 2.25. The molecule has 0 aliphatic carbocycles. The van der Waals surface area contributed by atoms with Crippen molar-refractivity contribution >= 4 is 55.2 Å². The van der Waals surface area contributed by atoms with Gasteiger partial charge in [-0.15, -0.1) is 0 Å². The molecule has 0 fully saturated rings. The maximum absolute atomic E-state index is 2.25. The molecule has 0 aliphatic heterocycles. The van der Waals surface area contributed by atoms with Gasteiger partial charge in [0.1, 0.15) is 19.0 Å². The van der Waals surface area contributed by atoms with Gasteiger partial charge in [0.25, 0.3) is 0 Å². The van der Waals surface area contributed by atoms with Gasteiger partial charge in [0.2, 0.25) is 0 Å². The van der Waals surface area contributed by atoms with Crippen molar-refractivity contribution in [2.24, 2.45) is 0 Å². The summed E-state index contributed by atoms with van der Waals surface area (Å²) in [5.41, 5.74) is 0. The summed E-state index contributed by atoms with van der Waals surface area (Å²) in [6, 6.07) is 42.6. The van der Waals surface area contributed by atoms with Crippen LogP contribution in [0, 0.1) is 0 Å². The van der Waals surface area contributed by atoms with Crippen molar-refractivity contribution < 1.29 is 0 Å². The first kappa shape index (κ1) is 23.1. The fourth-order valence-corrected chi connectivity index (χ4v) is 5.01. The minimum absolute atomic E-state index is 0.271. The molecule has 0 atom stereocenters. The van der Waals surface area contributed by atoms with E-state index in [-0.39, 0.29) is 19.0 Å². The van der Waals surface area contributed by atoms with Crippen molar-refractivity contribution in [3.8, 4) is 0 Å². The molecule has 4 aromatic carbocycles. The van der Waals surface area contributed by atoms with Crippen LogP contribution in [0.1, 0.15) is 0 Å². The van der Waals surface area contributed by atoms with E-state index in [2.05, 4.69) is 133 Å². The smallest absolute Gasteiger partial charge is 0.0632 e. The van der Waals surface area contributed by atoms with E-state index in [1.807, 2.05) is 0 Å². The summed E-state index contributed by atoms with van der Waals surface area (Å²) >= 11 is 0.500. The molecular formula is C26H28GeSi2. The van der Waals surface area contributed by atoms with Crippen LogP contribution in [-0.4, -0.2) is 34.5 Å². The van der Waals surface area contributed by atoms with E-state index in [9.17, 15) is 0 Å². The van der Waals surface area contributed by atoms with Gasteiger partial charge >= 0.3 is 26.9 Å². The van der Waals surface area contributed by atoms with Gasteiger partial charge in [0.15, 0.2) is 0 Å². The first-order chi connectivity index (χ1) is 14.3. The number of hydrogen-bond donors (Lipinski definition) is 0. The summed E-state index contributed by atoms with van der Waals surface area (Å²) in [5, 5.41) is 5.81. The molecule has 4 rings (SSSR count). The maximum Gasteiger partial charge on any atom is 0.103 e. The average Bonchev–Trinajstić information content (AvgIpc) is 2.78. The van der Waals surface area contributed by atoms with Crippen molar-refractivity contribution in [3.05, 3.63) is 121 Å². The molecule has 0 aliphatic rings. The SMILES string of the molecule is [CH3][Ge][CH3].c1ccc([SiH]c2ccccc2)cc1.c1ccc([SiH]c2ccccc2)cc1. The Morgan fingerprint density at radius 3 is 0.724 bits per heavy atom. The van der Waals surface area contributed by atoms with Crippen molar-refractivity contribution in [1.29, 1.82) is 0 Å². The zero-order valence-corrected chi connectivity index (χ0v) is 21.6. The van der Waals surface area contributed by atoms with Gasteiger partial charge in [0, 0.05) is 0 Å². The quantitative estimate of drug-likeness (QED) is 0.404. The predicted octanol–water partition coefficient (Wildman–Crippen LogP) is 2.93. The molecular weight excluding hydrogens is 441 g/mol. The van der Waals surface area contributed by atoms with Crippen molar-refractivity contribution in [2.45, 2.75) is 11.5 Å². The van der Waals surface area contributed by atoms with Gasteiger partial charge < -0.3 is 0 Å². The molecule has 3 heteroatoms. The van der Waals surface area contributed by atoms with Crippen LogP contribution in [0.15, 0.2) is 121 Å². The molecule has 0 bridgehead atoms. The molecule has 0 spiro atoms. The Morgan fingerprint density at radius 2 is 0.552 bits per heavy atom. The van der Waals surface area contributed by atoms with Gasteiger partial charge in [-0.3, -0.25) is 0 Å². The van der Waals surface area contributed by atoms with E-state index in [0.717, 1.165) is 0 Å². The van der Waals surface area contributed by atoms with E-state index in [1.165, 1.54) is 20.7 Å². The summed E-state index contributed by atoms with van der Waals surface area (Å²) in [7, 11) is 0.543. The van der Waals surface area contributed by atoms with Crippen LogP contribution in [0.25, 0.3) is 0 Å². The molecule has 0 saturated carbocycles. The van der Waals surface area contributed by atoms with Gasteiger partial charge in [-0.25, -0.2) is 0 Å². The molecule has 29 heavy (non-hydrogen) atoms. The summed E-state index contributed by atoms with van der Waals surface area (Å²) in [4.78, 5) is 0. The third-order valence-electron chi connectivity index (χ3n) is 3.86. The Bertz CT molecular complexity index is 731. The normalized spacial score (nSPS) is 9.45. The Kier molecular flexibility index (Phi) is 11.8. The van der Waals surface area contributed by atoms with Gasteiger partial charge in [0.05, 0.1) is 0 Å². The minimum atomic E-state index is 0.271. The van der Waals surface area contributed by atoms with E-state index in [0.29, 0.717) is 15.4 Å². The van der Waals surface area contributed by atoms with Crippen molar-refractivity contribution in [3.63, 3.8) is 0 Å². The van der Waals surface area contributed by atoms with Crippen LogP contribution in [0.4, 0.5) is 0 Å². The molecule has 0 N–H and O–H groups in total. The zero-order chi connectivity index (χ0) is 20.6. The largest absolute Gasteiger partial charge is 0.103 e. The van der Waals surface area contributed by atoms with Crippen LogP contribution in [0.5, 0.6) is 0 Å². The number of hydrogen-bond acceptors (Lipinski definition) is 0. The zero-order valence-electron chi connectivity index (χ0n) is 17.2. The monoisotopic (exact) mass is 470 g/mol. The van der Waals surface area contributed by atoms with Gasteiger partial charge in [-0.05, 0) is 0 Å². The molecule has 0 unspecified atom stereocenters. The van der Waals surface area contributed by atoms with Crippen molar-refractivity contribution in [1.82, 2.24) is 0 Å². The standard InChI is InChI=1S/2C12H11Si.C2H6Ge/c2*1-3-7-11(8-4-1)13-12-9-5-2-6-10-12;1-3-2/h2*1-10,13H;1-2H3. The molecule has 0 nitrogen and oxygen atoms in total. The average molecular weight is 469 g/mol. The summed E-state index contributed by atoms with van der Waals surface area (Å²) < 4.78 is 0. The van der Waals surface area contributed by atoms with Crippen molar-refractivity contribution in [2.75, 3.05) is 0 Å². The first-order valence-electron chi connectivity index (χ1n) is 9.80. The Morgan fingerprint density at radius 1 is 0.379 bits per heavy atom. The number of benzene rings is 4. The second kappa shape index (κ2) is 14.8. The molecule has 0 heterocycles. The van der Waals surface area contributed by atoms with Crippen LogP contribution in [0.3, 0.4) is 0 Å². The molecule has 4 radical (unpaired) electrons. The first-order valence-corrected chi connectivity index (χ1v) is 16.3. The Balaban J connectivity index is 0.000000183. The summed E-state index contributed by atoms with van der Waals surface area (Å²) in [6.07, 6.45) is 0. The van der Waals surface area contributed by atoms with E-state index < -0.39 is 0 Å². The molecule has 4 aromatic rings. The molecule has 0 saturated heterocycles. The fourth-order valence-electron chi connectivity index (χ4n) is 2.58. The molecule has 144 valence electrons. The van der Waals surface area contributed by atoms with Gasteiger partial charge in [-0.2, -0.15) is 0 Å². The summed E-state index contributed by atoms with van der Waals surface area (Å²) in [5.74, 6) is 4.50. The number of rotatable bonds is 4. The third-order valence-corrected chi connectivity index (χ3v) is 6.74. The Labute approximate surface area is 187 Å². The second-order valence-corrected chi connectivity index (χ2v) is 11.8. The predicted molar refractivity (Wildman–Crippen MR) is 136 cm³/mol. The van der Waals surface area contributed by atoms with E-state index in [1.54, 1.807) is 0 Å². The van der Waals surface area contributed by atoms with Gasteiger partial charge in [-0.1, -0.05) is 142 Å². The fraction of sp³-hybridized carbons (Fsp3) is 0.0769. The molecule has 0 aromatic heterocycles. The molecule has 0 amide bonds. The Hall–Kier alpha value is -2.14. The van der Waals surface area contributed by atoms with Crippen LogP contribution >= 0.6 is 0 Å². The van der Waals surface area contributed by atoms with Crippen LogP contribution in [0.2, 0.25) is 11.5 Å².